The predicted molar refractivity (Wildman–Crippen MR) is 122 cm³/mol. The van der Waals surface area contributed by atoms with E-state index >= 15 is 0 Å². The van der Waals surface area contributed by atoms with E-state index in [0.717, 1.165) is 18.5 Å². The van der Waals surface area contributed by atoms with Crippen molar-refractivity contribution in [3.8, 4) is 5.75 Å². The van der Waals surface area contributed by atoms with E-state index in [9.17, 15) is 13.2 Å². The molecule has 0 saturated carbocycles. The molecule has 170 valence electrons. The molecule has 2 aromatic rings. The maximum Gasteiger partial charge on any atom is 0.344 e. The van der Waals surface area contributed by atoms with Gasteiger partial charge in [-0.1, -0.05) is 19.9 Å². The number of nitrogens with two attached hydrogens (primary N) is 1. The van der Waals surface area contributed by atoms with Crippen molar-refractivity contribution in [1.82, 2.24) is 9.88 Å². The van der Waals surface area contributed by atoms with Crippen LogP contribution in [-0.4, -0.2) is 49.7 Å². The molecule has 1 atom stereocenters. The van der Waals surface area contributed by atoms with Gasteiger partial charge in [0, 0.05) is 36.5 Å². The van der Waals surface area contributed by atoms with E-state index in [-0.39, 0.29) is 23.6 Å². The van der Waals surface area contributed by atoms with E-state index in [4.69, 9.17) is 10.5 Å². The first-order valence-electron chi connectivity index (χ1n) is 10.6. The number of hydrogen-bond acceptors (Lipinski definition) is 6. The Morgan fingerprint density at radius 2 is 2.16 bits per heavy atom. The number of nitrogens with zero attached hydrogens (tertiary/aromatic N) is 3. The second kappa shape index (κ2) is 8.78. The topological polar surface area (TPSA) is 127 Å². The molecule has 0 radical (unpaired) electrons. The summed E-state index contributed by atoms with van der Waals surface area (Å²) < 4.78 is 35.4. The summed E-state index contributed by atoms with van der Waals surface area (Å²) in [6.45, 7) is 5.78. The molecule has 4 rings (SSSR count). The molecule has 1 aromatic carbocycles. The normalized spacial score (nSPS) is 19.7. The summed E-state index contributed by atoms with van der Waals surface area (Å²) >= 11 is 0. The number of pyridine rings is 1. The third kappa shape index (κ3) is 4.69. The van der Waals surface area contributed by atoms with E-state index < -0.39 is 10.2 Å². The van der Waals surface area contributed by atoms with Crippen LogP contribution in [0.3, 0.4) is 0 Å². The molecular weight excluding hydrogens is 430 g/mol. The second-order valence-electron chi connectivity index (χ2n) is 8.43. The number of fused-ring (bicyclic) bond motifs is 1. The van der Waals surface area contributed by atoms with Gasteiger partial charge in [0.15, 0.2) is 5.84 Å². The van der Waals surface area contributed by atoms with Crippen LogP contribution in [0, 0.1) is 5.92 Å². The number of aromatic nitrogens is 1. The van der Waals surface area contributed by atoms with Gasteiger partial charge < -0.3 is 15.4 Å². The highest BCUT2D eigenvalue weighted by Gasteiger charge is 2.27. The summed E-state index contributed by atoms with van der Waals surface area (Å²) in [5.74, 6) is 0.761. The number of amidine groups is 1. The first-order chi connectivity index (χ1) is 15.2. The SMILES string of the molecule is CC(C)c1cc(C(=O)N2CCCC(COc3cccc4c3C(N)=NS(=O)(=O)N4)C2)ccn1. The Bertz CT molecular complexity index is 1160. The molecule has 1 unspecified atom stereocenters. The smallest absolute Gasteiger partial charge is 0.344 e. The Labute approximate surface area is 187 Å². The fourth-order valence-corrected chi connectivity index (χ4v) is 4.85. The van der Waals surface area contributed by atoms with Crippen LogP contribution in [0.25, 0.3) is 0 Å². The minimum Gasteiger partial charge on any atom is -0.492 e. The molecule has 3 N–H and O–H groups in total. The monoisotopic (exact) mass is 457 g/mol. The number of rotatable bonds is 5. The summed E-state index contributed by atoms with van der Waals surface area (Å²) in [6, 6.07) is 8.67. The van der Waals surface area contributed by atoms with E-state index in [1.165, 1.54) is 0 Å². The van der Waals surface area contributed by atoms with Gasteiger partial charge in [0.05, 0.1) is 17.9 Å². The van der Waals surface area contributed by atoms with E-state index in [1.807, 2.05) is 11.0 Å². The van der Waals surface area contributed by atoms with Crippen molar-refractivity contribution in [3.05, 3.63) is 53.3 Å². The molecular formula is C22H27N5O4S. The standard InChI is InChI=1S/C22H27N5O4S/c1-14(2)18-11-16(8-9-24-18)22(28)27-10-4-5-15(12-27)13-31-19-7-3-6-17-20(19)21(23)26-32(29,30)25-17/h3,6-9,11,14-15,25H,4-5,10,12-13H2,1-2H3,(H2,23,26). The molecule has 1 amide bonds. The van der Waals surface area contributed by atoms with Gasteiger partial charge in [-0.2, -0.15) is 8.42 Å². The molecule has 1 fully saturated rings. The summed E-state index contributed by atoms with van der Waals surface area (Å²) in [4.78, 5) is 19.3. The maximum absolute atomic E-state index is 13.0. The molecule has 10 heteroatoms. The van der Waals surface area contributed by atoms with Crippen LogP contribution in [0.1, 0.15) is 54.2 Å². The van der Waals surface area contributed by atoms with Crippen LogP contribution in [-0.2, 0) is 10.2 Å². The van der Waals surface area contributed by atoms with Crippen LogP contribution in [0.4, 0.5) is 5.69 Å². The van der Waals surface area contributed by atoms with Gasteiger partial charge >= 0.3 is 10.2 Å². The molecule has 0 spiro atoms. The summed E-state index contributed by atoms with van der Waals surface area (Å²) in [6.07, 6.45) is 3.51. The van der Waals surface area contributed by atoms with Crippen molar-refractivity contribution >= 4 is 27.6 Å². The van der Waals surface area contributed by atoms with Gasteiger partial charge in [-0.05, 0) is 43.0 Å². The zero-order chi connectivity index (χ0) is 22.9. The van der Waals surface area contributed by atoms with Crippen LogP contribution in [0.5, 0.6) is 5.75 Å². The van der Waals surface area contributed by atoms with Crippen molar-refractivity contribution in [2.24, 2.45) is 16.0 Å². The zero-order valence-electron chi connectivity index (χ0n) is 18.1. The highest BCUT2D eigenvalue weighted by molar-refractivity contribution is 7.91. The molecule has 0 aliphatic carbocycles. The van der Waals surface area contributed by atoms with Gasteiger partial charge in [-0.3, -0.25) is 14.5 Å². The molecule has 9 nitrogen and oxygen atoms in total. The molecule has 1 aromatic heterocycles. The highest BCUT2D eigenvalue weighted by Crippen LogP contribution is 2.31. The van der Waals surface area contributed by atoms with E-state index in [1.54, 1.807) is 30.5 Å². The lowest BCUT2D eigenvalue weighted by molar-refractivity contribution is 0.0633. The van der Waals surface area contributed by atoms with Crippen molar-refractivity contribution in [3.63, 3.8) is 0 Å². The van der Waals surface area contributed by atoms with Crippen LogP contribution >= 0.6 is 0 Å². The third-order valence-electron chi connectivity index (χ3n) is 5.64. The Morgan fingerprint density at radius 1 is 1.34 bits per heavy atom. The van der Waals surface area contributed by atoms with Gasteiger partial charge in [0.1, 0.15) is 5.75 Å². The Hall–Kier alpha value is -3.14. The number of likely N-dealkylation sites (tertiary alicyclic amines) is 1. The minimum atomic E-state index is -3.84. The first-order valence-corrected chi connectivity index (χ1v) is 12.1. The first kappa shape index (κ1) is 22.1. The molecule has 1 saturated heterocycles. The summed E-state index contributed by atoms with van der Waals surface area (Å²) in [5.41, 5.74) is 8.21. The molecule has 32 heavy (non-hydrogen) atoms. The van der Waals surface area contributed by atoms with Gasteiger partial charge in [-0.15, -0.1) is 4.40 Å². The average Bonchev–Trinajstić information content (AvgIpc) is 2.76. The number of piperidine rings is 1. The number of ether oxygens (including phenoxy) is 1. The van der Waals surface area contributed by atoms with Crippen molar-refractivity contribution in [2.75, 3.05) is 24.4 Å². The van der Waals surface area contributed by atoms with Gasteiger partial charge in [0.2, 0.25) is 0 Å². The third-order valence-corrected chi connectivity index (χ3v) is 6.56. The predicted octanol–water partition coefficient (Wildman–Crippen LogP) is 2.51. The van der Waals surface area contributed by atoms with Crippen molar-refractivity contribution in [2.45, 2.75) is 32.6 Å². The molecule has 2 aliphatic heterocycles. The van der Waals surface area contributed by atoms with Crippen molar-refractivity contribution in [1.29, 1.82) is 0 Å². The second-order valence-corrected chi connectivity index (χ2v) is 9.76. The summed E-state index contributed by atoms with van der Waals surface area (Å²) in [5, 5.41) is 0. The fraction of sp³-hybridized carbons (Fsp3) is 0.409. The quantitative estimate of drug-likeness (QED) is 0.710. The summed E-state index contributed by atoms with van der Waals surface area (Å²) in [7, 11) is -3.84. The molecule has 3 heterocycles. The maximum atomic E-state index is 13.0. The number of carbonyl (C=O) groups excluding carboxylic acids is 1. The Balaban J connectivity index is 1.44. The number of hydrogen-bond donors (Lipinski definition) is 2. The Kier molecular flexibility index (Phi) is 6.05. The largest absolute Gasteiger partial charge is 0.492 e. The van der Waals surface area contributed by atoms with Gasteiger partial charge in [-0.25, -0.2) is 0 Å². The molecule has 0 bridgehead atoms. The van der Waals surface area contributed by atoms with Gasteiger partial charge in [0.25, 0.3) is 5.91 Å². The Morgan fingerprint density at radius 3 is 2.94 bits per heavy atom. The fourth-order valence-electron chi connectivity index (χ4n) is 4.01. The average molecular weight is 458 g/mol. The molecule has 2 aliphatic rings. The minimum absolute atomic E-state index is 0.00174. The van der Waals surface area contributed by atoms with E-state index in [0.29, 0.717) is 42.3 Å². The number of carbonyl (C=O) groups is 1. The van der Waals surface area contributed by atoms with Crippen LogP contribution < -0.4 is 15.2 Å². The number of anilines is 1. The lowest BCUT2D eigenvalue weighted by Gasteiger charge is -2.33. The van der Waals surface area contributed by atoms with Crippen LogP contribution in [0.2, 0.25) is 0 Å². The highest BCUT2D eigenvalue weighted by atomic mass is 32.2. The lowest BCUT2D eigenvalue weighted by atomic mass is 9.98. The van der Waals surface area contributed by atoms with E-state index in [2.05, 4.69) is 28.0 Å². The van der Waals surface area contributed by atoms with Crippen molar-refractivity contribution < 1.29 is 17.9 Å². The van der Waals surface area contributed by atoms with Crippen LogP contribution in [0.15, 0.2) is 40.9 Å². The number of benzene rings is 1. The number of nitrogens with one attached hydrogen (secondary N) is 1. The zero-order valence-corrected chi connectivity index (χ0v) is 18.9. The number of amides is 1. The lowest BCUT2D eigenvalue weighted by Crippen LogP contribution is -2.41.